The summed E-state index contributed by atoms with van der Waals surface area (Å²) in [7, 11) is 0. The molecule has 2 N–H and O–H groups in total. The van der Waals surface area contributed by atoms with Gasteiger partial charge in [-0.25, -0.2) is 0 Å². The third-order valence-electron chi connectivity index (χ3n) is 4.92. The number of anilines is 1. The smallest absolute Gasteiger partial charge is 0.119 e. The Kier molecular flexibility index (Phi) is 3.51. The molecule has 3 heteroatoms. The van der Waals surface area contributed by atoms with Crippen LogP contribution in [0.3, 0.4) is 0 Å². The summed E-state index contributed by atoms with van der Waals surface area (Å²) in [5.74, 6) is 0.392. The zero-order valence-electron chi connectivity index (χ0n) is 12.8. The third kappa shape index (κ3) is 2.46. The van der Waals surface area contributed by atoms with Gasteiger partial charge in [0, 0.05) is 31.2 Å². The van der Waals surface area contributed by atoms with Crippen molar-refractivity contribution < 1.29 is 5.11 Å². The highest BCUT2D eigenvalue weighted by molar-refractivity contribution is 5.61. The number of hydrogen-bond acceptors (Lipinski definition) is 3. The minimum Gasteiger partial charge on any atom is -0.508 e. The van der Waals surface area contributed by atoms with E-state index in [0.29, 0.717) is 11.8 Å². The van der Waals surface area contributed by atoms with E-state index >= 15 is 0 Å². The Morgan fingerprint density at radius 3 is 2.95 bits per heavy atom. The average molecular weight is 294 g/mol. The molecule has 4 rings (SSSR count). The highest BCUT2D eigenvalue weighted by Gasteiger charge is 2.29. The fraction of sp³-hybridized carbons (Fsp3) is 0.368. The van der Waals surface area contributed by atoms with E-state index in [0.717, 1.165) is 38.0 Å². The molecular formula is C19H22N2O. The molecule has 0 aromatic heterocycles. The van der Waals surface area contributed by atoms with Gasteiger partial charge in [-0.3, -0.25) is 0 Å². The van der Waals surface area contributed by atoms with Gasteiger partial charge in [0.2, 0.25) is 0 Å². The zero-order chi connectivity index (χ0) is 14.9. The summed E-state index contributed by atoms with van der Waals surface area (Å²) < 4.78 is 0. The lowest BCUT2D eigenvalue weighted by atomic mass is 10.00. The van der Waals surface area contributed by atoms with E-state index in [1.165, 1.54) is 23.2 Å². The van der Waals surface area contributed by atoms with Crippen molar-refractivity contribution in [3.05, 3.63) is 59.2 Å². The predicted molar refractivity (Wildman–Crippen MR) is 89.7 cm³/mol. The lowest BCUT2D eigenvalue weighted by molar-refractivity contribution is 0.469. The maximum Gasteiger partial charge on any atom is 0.119 e. The van der Waals surface area contributed by atoms with E-state index in [9.17, 15) is 5.11 Å². The highest BCUT2D eigenvalue weighted by atomic mass is 16.3. The van der Waals surface area contributed by atoms with Gasteiger partial charge in [0.1, 0.15) is 5.75 Å². The minimum atomic E-state index is 0.392. The predicted octanol–water partition coefficient (Wildman–Crippen LogP) is 2.71. The van der Waals surface area contributed by atoms with Crippen LogP contribution in [0.4, 0.5) is 5.69 Å². The van der Waals surface area contributed by atoms with Crippen molar-refractivity contribution in [2.45, 2.75) is 25.3 Å². The molecular weight excluding hydrogens is 272 g/mol. The molecule has 2 aliphatic heterocycles. The summed E-state index contributed by atoms with van der Waals surface area (Å²) in [5.41, 5.74) is 5.17. The van der Waals surface area contributed by atoms with E-state index in [4.69, 9.17) is 0 Å². The van der Waals surface area contributed by atoms with Gasteiger partial charge < -0.3 is 15.3 Å². The van der Waals surface area contributed by atoms with Gasteiger partial charge in [0.15, 0.2) is 0 Å². The van der Waals surface area contributed by atoms with Crippen LogP contribution in [-0.2, 0) is 12.8 Å². The summed E-state index contributed by atoms with van der Waals surface area (Å²) in [5, 5.41) is 13.4. The van der Waals surface area contributed by atoms with Gasteiger partial charge in [-0.15, -0.1) is 0 Å². The molecule has 0 radical (unpaired) electrons. The quantitative estimate of drug-likeness (QED) is 0.894. The van der Waals surface area contributed by atoms with Crippen LogP contribution < -0.4 is 10.2 Å². The molecule has 2 aliphatic rings. The first kappa shape index (κ1) is 13.6. The molecule has 2 aromatic carbocycles. The van der Waals surface area contributed by atoms with Crippen LogP contribution in [0.2, 0.25) is 0 Å². The summed E-state index contributed by atoms with van der Waals surface area (Å²) >= 11 is 0. The van der Waals surface area contributed by atoms with Crippen molar-refractivity contribution in [1.82, 2.24) is 5.32 Å². The Bertz CT molecular complexity index is 683. The molecule has 1 atom stereocenters. The standard InChI is InChI=1S/C19H22N2O/c22-19-4-2-1-3-15(19)11-14-5-6-18-16(12-14)13-17-7-8-20-9-10-21(17)18/h1-6,12,17,20,22H,7-11,13H2. The maximum absolute atomic E-state index is 9.95. The molecule has 1 fully saturated rings. The first-order valence-corrected chi connectivity index (χ1v) is 8.17. The van der Waals surface area contributed by atoms with Crippen molar-refractivity contribution in [2.75, 3.05) is 24.5 Å². The summed E-state index contributed by atoms with van der Waals surface area (Å²) in [6, 6.07) is 15.1. The second-order valence-electron chi connectivity index (χ2n) is 6.36. The average Bonchev–Trinajstić information content (AvgIpc) is 2.70. The highest BCUT2D eigenvalue weighted by Crippen LogP contribution is 2.35. The fourth-order valence-electron chi connectivity index (χ4n) is 3.79. The number of nitrogens with zero attached hydrogens (tertiary/aromatic N) is 1. The molecule has 1 saturated heterocycles. The lowest BCUT2D eigenvalue weighted by Gasteiger charge is -2.24. The molecule has 2 aromatic rings. The second kappa shape index (κ2) is 5.65. The first-order chi connectivity index (χ1) is 10.8. The van der Waals surface area contributed by atoms with E-state index in [1.54, 1.807) is 6.07 Å². The number of phenols is 1. The van der Waals surface area contributed by atoms with Gasteiger partial charge in [0.05, 0.1) is 0 Å². The Morgan fingerprint density at radius 2 is 2.05 bits per heavy atom. The summed E-state index contributed by atoms with van der Waals surface area (Å²) in [6.45, 7) is 3.31. The van der Waals surface area contributed by atoms with Crippen LogP contribution >= 0.6 is 0 Å². The van der Waals surface area contributed by atoms with Gasteiger partial charge in [-0.1, -0.05) is 30.3 Å². The van der Waals surface area contributed by atoms with Crippen molar-refractivity contribution in [3.8, 4) is 5.75 Å². The van der Waals surface area contributed by atoms with E-state index in [-0.39, 0.29) is 0 Å². The number of benzene rings is 2. The van der Waals surface area contributed by atoms with Gasteiger partial charge in [-0.2, -0.15) is 0 Å². The van der Waals surface area contributed by atoms with Crippen molar-refractivity contribution in [1.29, 1.82) is 0 Å². The molecule has 0 saturated carbocycles. The molecule has 0 spiro atoms. The maximum atomic E-state index is 9.95. The normalized spacial score (nSPS) is 20.4. The van der Waals surface area contributed by atoms with Gasteiger partial charge >= 0.3 is 0 Å². The topological polar surface area (TPSA) is 35.5 Å². The largest absolute Gasteiger partial charge is 0.508 e. The Labute approximate surface area is 131 Å². The van der Waals surface area contributed by atoms with Crippen LogP contribution in [0.15, 0.2) is 42.5 Å². The van der Waals surface area contributed by atoms with Crippen LogP contribution in [-0.4, -0.2) is 30.8 Å². The Balaban J connectivity index is 1.60. The molecule has 2 heterocycles. The Hall–Kier alpha value is -2.00. The van der Waals surface area contributed by atoms with Crippen LogP contribution in [0.1, 0.15) is 23.1 Å². The van der Waals surface area contributed by atoms with Crippen molar-refractivity contribution in [3.63, 3.8) is 0 Å². The summed E-state index contributed by atoms with van der Waals surface area (Å²) in [4.78, 5) is 2.57. The second-order valence-corrected chi connectivity index (χ2v) is 6.36. The van der Waals surface area contributed by atoms with Crippen LogP contribution in [0.25, 0.3) is 0 Å². The molecule has 3 nitrogen and oxygen atoms in total. The van der Waals surface area contributed by atoms with Crippen molar-refractivity contribution in [2.24, 2.45) is 0 Å². The monoisotopic (exact) mass is 294 g/mol. The third-order valence-corrected chi connectivity index (χ3v) is 4.92. The summed E-state index contributed by atoms with van der Waals surface area (Å²) in [6.07, 6.45) is 3.18. The number of aromatic hydroxyl groups is 1. The molecule has 22 heavy (non-hydrogen) atoms. The number of fused-ring (bicyclic) bond motifs is 3. The van der Waals surface area contributed by atoms with E-state index in [2.05, 4.69) is 28.4 Å². The van der Waals surface area contributed by atoms with Crippen LogP contribution in [0, 0.1) is 0 Å². The molecule has 1 unspecified atom stereocenters. The number of hydrogen-bond donors (Lipinski definition) is 2. The molecule has 114 valence electrons. The molecule has 0 aliphatic carbocycles. The van der Waals surface area contributed by atoms with E-state index < -0.39 is 0 Å². The zero-order valence-corrected chi connectivity index (χ0v) is 12.8. The SMILES string of the molecule is Oc1ccccc1Cc1ccc2c(c1)CC1CCNCCN21. The number of para-hydroxylation sites is 1. The first-order valence-electron chi connectivity index (χ1n) is 8.17. The van der Waals surface area contributed by atoms with Gasteiger partial charge in [0.25, 0.3) is 0 Å². The minimum absolute atomic E-state index is 0.392. The van der Waals surface area contributed by atoms with Gasteiger partial charge in [-0.05, 0) is 48.2 Å². The number of phenolic OH excluding ortho intramolecular Hbond substituents is 1. The van der Waals surface area contributed by atoms with E-state index in [1.807, 2.05) is 18.2 Å². The number of nitrogens with one attached hydrogen (secondary N) is 1. The number of rotatable bonds is 2. The Morgan fingerprint density at radius 1 is 1.14 bits per heavy atom. The molecule has 0 amide bonds. The van der Waals surface area contributed by atoms with Crippen LogP contribution in [0.5, 0.6) is 5.75 Å². The fourth-order valence-corrected chi connectivity index (χ4v) is 3.79. The van der Waals surface area contributed by atoms with Crippen molar-refractivity contribution >= 4 is 5.69 Å². The molecule has 0 bridgehead atoms. The lowest BCUT2D eigenvalue weighted by Crippen LogP contribution is -2.32.